The second-order valence-electron chi connectivity index (χ2n) is 4.78. The Kier molecular flexibility index (Phi) is 4.17. The molecular formula is C16H18FNO. The molecule has 100 valence electrons. The molecule has 0 saturated heterocycles. The molecule has 0 saturated carbocycles. The van der Waals surface area contributed by atoms with Crippen molar-refractivity contribution in [2.75, 3.05) is 0 Å². The van der Waals surface area contributed by atoms with Crippen molar-refractivity contribution in [2.24, 2.45) is 0 Å². The summed E-state index contributed by atoms with van der Waals surface area (Å²) in [6, 6.07) is 12.4. The Hall–Kier alpha value is -1.87. The largest absolute Gasteiger partial charge is 0.508 e. The van der Waals surface area contributed by atoms with Crippen molar-refractivity contribution in [3.63, 3.8) is 0 Å². The van der Waals surface area contributed by atoms with Crippen LogP contribution < -0.4 is 5.32 Å². The number of nitrogens with one attached hydrogen (secondary N) is 1. The summed E-state index contributed by atoms with van der Waals surface area (Å²) in [6.45, 7) is 4.66. The van der Waals surface area contributed by atoms with Gasteiger partial charge >= 0.3 is 0 Å². The van der Waals surface area contributed by atoms with E-state index >= 15 is 0 Å². The van der Waals surface area contributed by atoms with Crippen LogP contribution >= 0.6 is 0 Å². The first-order valence-electron chi connectivity index (χ1n) is 6.33. The summed E-state index contributed by atoms with van der Waals surface area (Å²) in [5.41, 5.74) is 3.19. The number of hydrogen-bond donors (Lipinski definition) is 2. The Morgan fingerprint density at radius 2 is 1.95 bits per heavy atom. The van der Waals surface area contributed by atoms with Gasteiger partial charge in [-0.3, -0.25) is 0 Å². The second-order valence-corrected chi connectivity index (χ2v) is 4.78. The zero-order valence-corrected chi connectivity index (χ0v) is 11.2. The summed E-state index contributed by atoms with van der Waals surface area (Å²) in [5, 5.41) is 12.7. The van der Waals surface area contributed by atoms with Crippen LogP contribution in [0.4, 0.5) is 4.39 Å². The average molecular weight is 259 g/mol. The van der Waals surface area contributed by atoms with Gasteiger partial charge in [0.25, 0.3) is 0 Å². The molecule has 1 atom stereocenters. The minimum atomic E-state index is -0.416. The second kappa shape index (κ2) is 5.85. The van der Waals surface area contributed by atoms with Gasteiger partial charge in [0.15, 0.2) is 0 Å². The van der Waals surface area contributed by atoms with Crippen molar-refractivity contribution >= 4 is 0 Å². The minimum Gasteiger partial charge on any atom is -0.508 e. The predicted molar refractivity (Wildman–Crippen MR) is 74.5 cm³/mol. The Bertz CT molecular complexity index is 548. The monoisotopic (exact) mass is 259 g/mol. The van der Waals surface area contributed by atoms with E-state index in [1.54, 1.807) is 6.07 Å². The van der Waals surface area contributed by atoms with Crippen LogP contribution in [0.5, 0.6) is 5.75 Å². The highest BCUT2D eigenvalue weighted by Crippen LogP contribution is 2.19. The standard InChI is InChI=1S/C16H18FNO/c1-11-5-3-4-6-16(11)12(2)18-10-13-7-14(17)9-15(19)8-13/h3-9,12,18-19H,10H2,1-2H3/t12-/m1/s1. The fourth-order valence-corrected chi connectivity index (χ4v) is 2.19. The molecule has 0 aliphatic rings. The molecule has 0 bridgehead atoms. The maximum absolute atomic E-state index is 13.2. The third kappa shape index (κ3) is 3.55. The first-order chi connectivity index (χ1) is 9.06. The van der Waals surface area contributed by atoms with Gasteiger partial charge in [-0.05, 0) is 42.7 Å². The number of aryl methyl sites for hydroxylation is 1. The van der Waals surface area contributed by atoms with E-state index in [2.05, 4.69) is 31.3 Å². The molecule has 19 heavy (non-hydrogen) atoms. The fourth-order valence-electron chi connectivity index (χ4n) is 2.19. The topological polar surface area (TPSA) is 32.3 Å². The smallest absolute Gasteiger partial charge is 0.127 e. The molecule has 2 rings (SSSR count). The summed E-state index contributed by atoms with van der Waals surface area (Å²) in [6.07, 6.45) is 0. The van der Waals surface area contributed by atoms with Crippen LogP contribution in [0.2, 0.25) is 0 Å². The number of rotatable bonds is 4. The molecule has 0 aliphatic carbocycles. The van der Waals surface area contributed by atoms with Gasteiger partial charge in [0.1, 0.15) is 11.6 Å². The minimum absolute atomic E-state index is 0.0413. The highest BCUT2D eigenvalue weighted by molar-refractivity contribution is 5.30. The predicted octanol–water partition coefficient (Wildman–Crippen LogP) is 3.69. The first kappa shape index (κ1) is 13.6. The third-order valence-electron chi connectivity index (χ3n) is 3.21. The molecule has 0 aromatic heterocycles. The van der Waals surface area contributed by atoms with E-state index in [4.69, 9.17) is 0 Å². The quantitative estimate of drug-likeness (QED) is 0.877. The maximum Gasteiger partial charge on any atom is 0.127 e. The van der Waals surface area contributed by atoms with E-state index < -0.39 is 5.82 Å². The SMILES string of the molecule is Cc1ccccc1[C@@H](C)NCc1cc(O)cc(F)c1. The summed E-state index contributed by atoms with van der Waals surface area (Å²) < 4.78 is 13.2. The van der Waals surface area contributed by atoms with Gasteiger partial charge in [-0.15, -0.1) is 0 Å². The molecule has 0 unspecified atom stereocenters. The molecule has 2 nitrogen and oxygen atoms in total. The number of phenolic OH excluding ortho intramolecular Hbond substituents is 1. The Morgan fingerprint density at radius 3 is 2.63 bits per heavy atom. The van der Waals surface area contributed by atoms with E-state index in [0.717, 1.165) is 11.6 Å². The van der Waals surface area contributed by atoms with E-state index in [1.165, 1.54) is 17.2 Å². The lowest BCUT2D eigenvalue weighted by Crippen LogP contribution is -2.18. The molecule has 0 spiro atoms. The molecular weight excluding hydrogens is 241 g/mol. The summed E-state index contributed by atoms with van der Waals surface area (Å²) in [4.78, 5) is 0. The van der Waals surface area contributed by atoms with Gasteiger partial charge in [0.2, 0.25) is 0 Å². The highest BCUT2D eigenvalue weighted by atomic mass is 19.1. The zero-order valence-electron chi connectivity index (χ0n) is 11.2. The number of hydrogen-bond acceptors (Lipinski definition) is 2. The zero-order chi connectivity index (χ0) is 13.8. The summed E-state index contributed by atoms with van der Waals surface area (Å²) >= 11 is 0. The van der Waals surface area contributed by atoms with Crippen molar-refractivity contribution in [2.45, 2.75) is 26.4 Å². The summed E-state index contributed by atoms with van der Waals surface area (Å²) in [7, 11) is 0. The van der Waals surface area contributed by atoms with Gasteiger partial charge in [-0.25, -0.2) is 4.39 Å². The molecule has 2 N–H and O–H groups in total. The van der Waals surface area contributed by atoms with E-state index in [9.17, 15) is 9.50 Å². The molecule has 2 aromatic carbocycles. The number of benzene rings is 2. The van der Waals surface area contributed by atoms with Crippen molar-refractivity contribution in [1.29, 1.82) is 0 Å². The lowest BCUT2D eigenvalue weighted by Gasteiger charge is -2.16. The van der Waals surface area contributed by atoms with Crippen LogP contribution in [0, 0.1) is 12.7 Å². The Labute approximate surface area is 112 Å². The van der Waals surface area contributed by atoms with Gasteiger partial charge in [-0.2, -0.15) is 0 Å². The number of halogens is 1. The van der Waals surface area contributed by atoms with Crippen LogP contribution in [0.15, 0.2) is 42.5 Å². The third-order valence-corrected chi connectivity index (χ3v) is 3.21. The van der Waals surface area contributed by atoms with Gasteiger partial charge in [-0.1, -0.05) is 24.3 Å². The van der Waals surface area contributed by atoms with Crippen LogP contribution in [-0.4, -0.2) is 5.11 Å². The normalized spacial score (nSPS) is 12.4. The first-order valence-corrected chi connectivity index (χ1v) is 6.33. The molecule has 0 aliphatic heterocycles. The van der Waals surface area contributed by atoms with Crippen LogP contribution in [0.1, 0.15) is 29.7 Å². The van der Waals surface area contributed by atoms with Crippen LogP contribution in [0.25, 0.3) is 0 Å². The fraction of sp³-hybridized carbons (Fsp3) is 0.250. The van der Waals surface area contributed by atoms with E-state index in [-0.39, 0.29) is 11.8 Å². The average Bonchev–Trinajstić information content (AvgIpc) is 2.35. The van der Waals surface area contributed by atoms with Gasteiger partial charge in [0, 0.05) is 18.7 Å². The molecule has 0 radical (unpaired) electrons. The van der Waals surface area contributed by atoms with Crippen molar-refractivity contribution < 1.29 is 9.50 Å². The van der Waals surface area contributed by atoms with E-state index in [0.29, 0.717) is 6.54 Å². The molecule has 0 heterocycles. The lowest BCUT2D eigenvalue weighted by molar-refractivity contribution is 0.466. The van der Waals surface area contributed by atoms with Crippen molar-refractivity contribution in [1.82, 2.24) is 5.32 Å². The Morgan fingerprint density at radius 1 is 1.21 bits per heavy atom. The molecule has 0 fully saturated rings. The van der Waals surface area contributed by atoms with Gasteiger partial charge < -0.3 is 10.4 Å². The van der Waals surface area contributed by atoms with Crippen LogP contribution in [0.3, 0.4) is 0 Å². The summed E-state index contributed by atoms with van der Waals surface area (Å²) in [5.74, 6) is -0.458. The molecule has 0 amide bonds. The molecule has 3 heteroatoms. The lowest BCUT2D eigenvalue weighted by atomic mass is 10.0. The van der Waals surface area contributed by atoms with E-state index in [1.807, 2.05) is 12.1 Å². The number of phenols is 1. The van der Waals surface area contributed by atoms with Crippen molar-refractivity contribution in [3.05, 3.63) is 65.0 Å². The Balaban J connectivity index is 2.04. The van der Waals surface area contributed by atoms with Crippen LogP contribution in [-0.2, 0) is 6.54 Å². The van der Waals surface area contributed by atoms with Gasteiger partial charge in [0.05, 0.1) is 0 Å². The number of aromatic hydroxyl groups is 1. The highest BCUT2D eigenvalue weighted by Gasteiger charge is 2.07. The molecule has 2 aromatic rings. The maximum atomic E-state index is 13.2. The van der Waals surface area contributed by atoms with Crippen molar-refractivity contribution in [3.8, 4) is 5.75 Å².